The van der Waals surface area contributed by atoms with Crippen molar-refractivity contribution >= 4 is 0 Å². The Kier molecular flexibility index (Phi) is 4.19. The molecule has 0 saturated carbocycles. The number of rotatable bonds is 4. The van der Waals surface area contributed by atoms with E-state index >= 15 is 0 Å². The van der Waals surface area contributed by atoms with Crippen molar-refractivity contribution < 1.29 is 14.5 Å². The summed E-state index contributed by atoms with van der Waals surface area (Å²) in [5.74, 6) is 0.988. The van der Waals surface area contributed by atoms with Gasteiger partial charge >= 0.3 is 0 Å². The van der Waals surface area contributed by atoms with E-state index in [1.54, 1.807) is 9.80 Å². The number of piperazine rings is 1. The molecule has 0 aromatic heterocycles. The van der Waals surface area contributed by atoms with Crippen molar-refractivity contribution in [1.82, 2.24) is 0 Å². The molecular formula is C13H22N2O+2. The molecule has 0 radical (unpaired) electrons. The van der Waals surface area contributed by atoms with Gasteiger partial charge in [-0.2, -0.15) is 0 Å². The molecule has 88 valence electrons. The molecule has 1 aromatic rings. The van der Waals surface area contributed by atoms with Gasteiger partial charge in [-0.25, -0.2) is 0 Å². The second-order valence-electron chi connectivity index (χ2n) is 4.62. The molecule has 0 atom stereocenters. The normalized spacial score (nSPS) is 25.3. The molecule has 1 aromatic carbocycles. The first kappa shape index (κ1) is 11.4. The third-order valence-corrected chi connectivity index (χ3v) is 3.28. The van der Waals surface area contributed by atoms with Crippen LogP contribution in [-0.2, 0) is 0 Å². The average Bonchev–Trinajstić information content (AvgIpc) is 2.33. The fourth-order valence-corrected chi connectivity index (χ4v) is 2.11. The molecule has 3 nitrogen and oxygen atoms in total. The van der Waals surface area contributed by atoms with Gasteiger partial charge in [0.2, 0.25) is 0 Å². The van der Waals surface area contributed by atoms with Gasteiger partial charge in [-0.1, -0.05) is 18.2 Å². The van der Waals surface area contributed by atoms with Gasteiger partial charge < -0.3 is 14.5 Å². The highest BCUT2D eigenvalue weighted by atomic mass is 16.5. The standard InChI is InChI=1S/C13H20N2O/c1-14-7-9-15(10-8-14)11-12-16-13-5-3-2-4-6-13/h2-6H,7-12H2,1H3/p+2. The Bertz CT molecular complexity index is 294. The number of quaternary nitrogens is 2. The molecule has 3 heteroatoms. The molecule has 0 amide bonds. The third-order valence-electron chi connectivity index (χ3n) is 3.28. The van der Waals surface area contributed by atoms with Gasteiger partial charge in [0.05, 0.1) is 7.05 Å². The van der Waals surface area contributed by atoms with E-state index in [1.807, 2.05) is 30.3 Å². The molecule has 2 rings (SSSR count). The zero-order valence-corrected chi connectivity index (χ0v) is 10.0. The molecule has 0 aliphatic carbocycles. The van der Waals surface area contributed by atoms with E-state index in [-0.39, 0.29) is 0 Å². The lowest BCUT2D eigenvalue weighted by Crippen LogP contribution is -3.27. The molecule has 1 fully saturated rings. The lowest BCUT2D eigenvalue weighted by Gasteiger charge is -2.27. The van der Waals surface area contributed by atoms with Crippen molar-refractivity contribution in [2.24, 2.45) is 0 Å². The molecule has 0 bridgehead atoms. The van der Waals surface area contributed by atoms with E-state index in [4.69, 9.17) is 4.74 Å². The van der Waals surface area contributed by atoms with E-state index < -0.39 is 0 Å². The van der Waals surface area contributed by atoms with Gasteiger partial charge in [0.25, 0.3) is 0 Å². The molecule has 0 spiro atoms. The van der Waals surface area contributed by atoms with Crippen LogP contribution in [0.2, 0.25) is 0 Å². The number of nitrogens with one attached hydrogen (secondary N) is 2. The average molecular weight is 222 g/mol. The van der Waals surface area contributed by atoms with Crippen molar-refractivity contribution in [3.05, 3.63) is 30.3 Å². The highest BCUT2D eigenvalue weighted by Crippen LogP contribution is 2.06. The maximum Gasteiger partial charge on any atom is 0.137 e. The number of hydrogen-bond acceptors (Lipinski definition) is 1. The minimum atomic E-state index is 0.832. The summed E-state index contributed by atoms with van der Waals surface area (Å²) >= 11 is 0. The van der Waals surface area contributed by atoms with Crippen molar-refractivity contribution in [2.75, 3.05) is 46.4 Å². The summed E-state index contributed by atoms with van der Waals surface area (Å²) < 4.78 is 5.71. The summed E-state index contributed by atoms with van der Waals surface area (Å²) in [6.45, 7) is 7.11. The minimum Gasteiger partial charge on any atom is -0.488 e. The molecule has 1 aliphatic heterocycles. The second kappa shape index (κ2) is 5.87. The van der Waals surface area contributed by atoms with E-state index in [0.29, 0.717) is 0 Å². The van der Waals surface area contributed by atoms with Crippen LogP contribution >= 0.6 is 0 Å². The predicted octanol–water partition coefficient (Wildman–Crippen LogP) is -1.52. The van der Waals surface area contributed by atoms with Crippen LogP contribution in [0.1, 0.15) is 0 Å². The van der Waals surface area contributed by atoms with Crippen molar-refractivity contribution in [1.29, 1.82) is 0 Å². The zero-order chi connectivity index (χ0) is 11.2. The van der Waals surface area contributed by atoms with Gasteiger partial charge in [0, 0.05) is 0 Å². The van der Waals surface area contributed by atoms with Crippen LogP contribution in [0.3, 0.4) is 0 Å². The Balaban J connectivity index is 1.65. The quantitative estimate of drug-likeness (QED) is 0.633. The highest BCUT2D eigenvalue weighted by Gasteiger charge is 2.19. The number of ether oxygens (including phenoxy) is 1. The second-order valence-corrected chi connectivity index (χ2v) is 4.62. The topological polar surface area (TPSA) is 18.1 Å². The molecular weight excluding hydrogens is 200 g/mol. The summed E-state index contributed by atoms with van der Waals surface area (Å²) in [4.78, 5) is 3.34. The van der Waals surface area contributed by atoms with Crippen LogP contribution in [-0.4, -0.2) is 46.4 Å². The molecule has 0 unspecified atom stereocenters. The first-order chi connectivity index (χ1) is 7.84. The smallest absolute Gasteiger partial charge is 0.137 e. The van der Waals surface area contributed by atoms with Crippen LogP contribution in [0.5, 0.6) is 5.75 Å². The Morgan fingerprint density at radius 3 is 2.44 bits per heavy atom. The first-order valence-corrected chi connectivity index (χ1v) is 6.17. The minimum absolute atomic E-state index is 0.832. The van der Waals surface area contributed by atoms with Crippen LogP contribution in [0.25, 0.3) is 0 Å². The maximum absolute atomic E-state index is 5.71. The van der Waals surface area contributed by atoms with Gasteiger partial charge in [-0.15, -0.1) is 0 Å². The van der Waals surface area contributed by atoms with Crippen molar-refractivity contribution in [2.45, 2.75) is 0 Å². The third kappa shape index (κ3) is 3.51. The monoisotopic (exact) mass is 222 g/mol. The van der Waals surface area contributed by atoms with E-state index in [0.717, 1.165) is 18.9 Å². The molecule has 16 heavy (non-hydrogen) atoms. The van der Waals surface area contributed by atoms with Crippen molar-refractivity contribution in [3.8, 4) is 5.75 Å². The lowest BCUT2D eigenvalue weighted by atomic mass is 10.3. The van der Waals surface area contributed by atoms with Crippen LogP contribution in [0.15, 0.2) is 30.3 Å². The Morgan fingerprint density at radius 1 is 1.06 bits per heavy atom. The SMILES string of the molecule is C[NH+]1CC[NH+](CCOc2ccccc2)CC1. The van der Waals surface area contributed by atoms with Crippen LogP contribution in [0, 0.1) is 0 Å². The van der Waals surface area contributed by atoms with Crippen molar-refractivity contribution in [3.63, 3.8) is 0 Å². The largest absolute Gasteiger partial charge is 0.488 e. The molecule has 1 saturated heterocycles. The Labute approximate surface area is 97.6 Å². The first-order valence-electron chi connectivity index (χ1n) is 6.17. The number of hydrogen-bond donors (Lipinski definition) is 2. The molecule has 2 N–H and O–H groups in total. The summed E-state index contributed by atoms with van der Waals surface area (Å²) in [6, 6.07) is 10.1. The van der Waals surface area contributed by atoms with Crippen LogP contribution in [0.4, 0.5) is 0 Å². The van der Waals surface area contributed by atoms with Gasteiger partial charge in [0.1, 0.15) is 45.1 Å². The summed E-state index contributed by atoms with van der Waals surface area (Å²) in [7, 11) is 2.28. The highest BCUT2D eigenvalue weighted by molar-refractivity contribution is 5.20. The van der Waals surface area contributed by atoms with E-state index in [1.165, 1.54) is 26.2 Å². The van der Waals surface area contributed by atoms with E-state index in [2.05, 4.69) is 7.05 Å². The number of likely N-dealkylation sites (N-methyl/N-ethyl adjacent to an activating group) is 1. The predicted molar refractivity (Wildman–Crippen MR) is 64.1 cm³/mol. The lowest BCUT2D eigenvalue weighted by molar-refractivity contribution is -1.00. The maximum atomic E-state index is 5.71. The number of para-hydroxylation sites is 1. The van der Waals surface area contributed by atoms with Gasteiger partial charge in [-0.3, -0.25) is 0 Å². The zero-order valence-electron chi connectivity index (χ0n) is 10.0. The van der Waals surface area contributed by atoms with Gasteiger partial charge in [0.15, 0.2) is 0 Å². The number of benzene rings is 1. The Hall–Kier alpha value is -1.06. The van der Waals surface area contributed by atoms with E-state index in [9.17, 15) is 0 Å². The molecule has 1 heterocycles. The van der Waals surface area contributed by atoms with Gasteiger partial charge in [-0.05, 0) is 12.1 Å². The fourth-order valence-electron chi connectivity index (χ4n) is 2.11. The summed E-state index contributed by atoms with van der Waals surface area (Å²) in [5, 5.41) is 0. The fraction of sp³-hybridized carbons (Fsp3) is 0.538. The summed E-state index contributed by atoms with van der Waals surface area (Å²) in [5.41, 5.74) is 0. The molecule has 1 aliphatic rings. The van der Waals surface area contributed by atoms with Crippen LogP contribution < -0.4 is 14.5 Å². The Morgan fingerprint density at radius 2 is 1.75 bits per heavy atom. The summed E-state index contributed by atoms with van der Waals surface area (Å²) in [6.07, 6.45) is 0.